The summed E-state index contributed by atoms with van der Waals surface area (Å²) in [5.74, 6) is -1.01. The summed E-state index contributed by atoms with van der Waals surface area (Å²) >= 11 is 1.45. The minimum atomic E-state index is -1.35. The Kier molecular flexibility index (Phi) is 2.05. The molecule has 0 spiro atoms. The Morgan fingerprint density at radius 1 is 1.64 bits per heavy atom. The van der Waals surface area contributed by atoms with Gasteiger partial charge in [-0.2, -0.15) is 0 Å². The van der Waals surface area contributed by atoms with Crippen LogP contribution in [-0.4, -0.2) is 16.1 Å². The SMILES string of the molecule is Cc1nc(-c2cc(C(=O)[O-])no2)cs1. The molecule has 0 unspecified atom stereocenters. The van der Waals surface area contributed by atoms with Crippen LogP contribution < -0.4 is 5.11 Å². The number of rotatable bonds is 2. The fourth-order valence-corrected chi connectivity index (χ4v) is 1.57. The van der Waals surface area contributed by atoms with Crippen LogP contribution in [0.1, 0.15) is 15.5 Å². The first kappa shape index (κ1) is 8.89. The summed E-state index contributed by atoms with van der Waals surface area (Å²) in [7, 11) is 0. The predicted octanol–water partition coefficient (Wildman–Crippen LogP) is 0.470. The molecular weight excluding hydrogens is 204 g/mol. The number of hydrogen-bond donors (Lipinski definition) is 0. The number of carbonyl (C=O) groups is 1. The van der Waals surface area contributed by atoms with Crippen molar-refractivity contribution in [3.8, 4) is 11.5 Å². The maximum atomic E-state index is 10.4. The van der Waals surface area contributed by atoms with Crippen LogP contribution in [0.3, 0.4) is 0 Å². The van der Waals surface area contributed by atoms with Gasteiger partial charge < -0.3 is 14.4 Å². The number of carboxylic acid groups (broad SMARTS) is 1. The van der Waals surface area contributed by atoms with Gasteiger partial charge >= 0.3 is 0 Å². The lowest BCUT2D eigenvalue weighted by molar-refractivity contribution is -0.255. The molecule has 0 aliphatic rings. The van der Waals surface area contributed by atoms with Gasteiger partial charge in [0.05, 0.1) is 11.0 Å². The number of aromatic nitrogens is 2. The van der Waals surface area contributed by atoms with E-state index in [1.165, 1.54) is 17.4 Å². The second kappa shape index (κ2) is 3.22. The minimum Gasteiger partial charge on any atom is -0.543 e. The predicted molar refractivity (Wildman–Crippen MR) is 46.7 cm³/mol. The molecule has 2 aromatic rings. The van der Waals surface area contributed by atoms with Crippen molar-refractivity contribution in [1.29, 1.82) is 0 Å². The topological polar surface area (TPSA) is 79.0 Å². The Bertz CT molecular complexity index is 474. The molecule has 0 atom stereocenters. The average Bonchev–Trinajstić information content (AvgIpc) is 2.70. The van der Waals surface area contributed by atoms with E-state index in [0.29, 0.717) is 11.5 Å². The zero-order valence-electron chi connectivity index (χ0n) is 7.18. The number of carbonyl (C=O) groups excluding carboxylic acids is 1. The zero-order chi connectivity index (χ0) is 10.1. The van der Waals surface area contributed by atoms with Crippen LogP contribution in [0, 0.1) is 6.92 Å². The highest BCUT2D eigenvalue weighted by Crippen LogP contribution is 2.21. The van der Waals surface area contributed by atoms with E-state index in [4.69, 9.17) is 4.52 Å². The number of thiazole rings is 1. The van der Waals surface area contributed by atoms with Crippen LogP contribution in [0.2, 0.25) is 0 Å². The van der Waals surface area contributed by atoms with Crippen LogP contribution in [-0.2, 0) is 0 Å². The van der Waals surface area contributed by atoms with Crippen LogP contribution in [0.15, 0.2) is 16.0 Å². The van der Waals surface area contributed by atoms with Gasteiger partial charge in [-0.15, -0.1) is 11.3 Å². The average molecular weight is 209 g/mol. The maximum absolute atomic E-state index is 10.4. The van der Waals surface area contributed by atoms with E-state index in [0.717, 1.165) is 5.01 Å². The smallest absolute Gasteiger partial charge is 0.186 e. The van der Waals surface area contributed by atoms with E-state index in [9.17, 15) is 9.90 Å². The molecule has 0 bridgehead atoms. The Morgan fingerprint density at radius 2 is 2.43 bits per heavy atom. The van der Waals surface area contributed by atoms with Crippen LogP contribution in [0.5, 0.6) is 0 Å². The van der Waals surface area contributed by atoms with E-state index in [2.05, 4.69) is 10.1 Å². The number of nitrogens with zero attached hydrogens (tertiary/aromatic N) is 2. The summed E-state index contributed by atoms with van der Waals surface area (Å²) < 4.78 is 4.80. The van der Waals surface area contributed by atoms with E-state index >= 15 is 0 Å². The minimum absolute atomic E-state index is 0.217. The summed E-state index contributed by atoms with van der Waals surface area (Å²) in [5, 5.41) is 16.4. The lowest BCUT2D eigenvalue weighted by atomic mass is 10.3. The molecule has 2 aromatic heterocycles. The van der Waals surface area contributed by atoms with Gasteiger partial charge in [0.1, 0.15) is 11.4 Å². The van der Waals surface area contributed by atoms with E-state index in [1.54, 1.807) is 5.38 Å². The molecule has 72 valence electrons. The highest BCUT2D eigenvalue weighted by Gasteiger charge is 2.09. The summed E-state index contributed by atoms with van der Waals surface area (Å²) in [6.07, 6.45) is 0. The van der Waals surface area contributed by atoms with Gasteiger partial charge in [0, 0.05) is 11.4 Å². The Hall–Kier alpha value is -1.69. The molecule has 14 heavy (non-hydrogen) atoms. The first-order chi connectivity index (χ1) is 6.66. The highest BCUT2D eigenvalue weighted by atomic mass is 32.1. The number of aryl methyl sites for hydroxylation is 1. The molecule has 0 saturated heterocycles. The lowest BCUT2D eigenvalue weighted by Crippen LogP contribution is -2.22. The van der Waals surface area contributed by atoms with Gasteiger partial charge in [-0.1, -0.05) is 5.16 Å². The summed E-state index contributed by atoms with van der Waals surface area (Å²) in [5.41, 5.74) is 0.373. The van der Waals surface area contributed by atoms with Crippen molar-refractivity contribution in [2.45, 2.75) is 6.92 Å². The van der Waals surface area contributed by atoms with Gasteiger partial charge in [-0.3, -0.25) is 0 Å². The second-order valence-corrected chi connectivity index (χ2v) is 3.68. The number of hydrogen-bond acceptors (Lipinski definition) is 6. The Morgan fingerprint density at radius 3 is 2.93 bits per heavy atom. The Labute approximate surface area is 83.0 Å². The van der Waals surface area contributed by atoms with Crippen molar-refractivity contribution >= 4 is 17.3 Å². The zero-order valence-corrected chi connectivity index (χ0v) is 8.00. The van der Waals surface area contributed by atoms with E-state index < -0.39 is 5.97 Å². The summed E-state index contributed by atoms with van der Waals surface area (Å²) in [6, 6.07) is 1.30. The summed E-state index contributed by atoms with van der Waals surface area (Å²) in [4.78, 5) is 14.5. The fourth-order valence-electron chi connectivity index (χ4n) is 0.969. The first-order valence-electron chi connectivity index (χ1n) is 3.77. The molecular formula is C8H5N2O3S-. The first-order valence-corrected chi connectivity index (χ1v) is 4.65. The monoisotopic (exact) mass is 209 g/mol. The van der Waals surface area contributed by atoms with Gasteiger partial charge in [-0.25, -0.2) is 4.98 Å². The third-order valence-corrected chi connectivity index (χ3v) is 2.36. The molecule has 0 amide bonds. The van der Waals surface area contributed by atoms with E-state index in [1.807, 2.05) is 6.92 Å². The fraction of sp³-hybridized carbons (Fsp3) is 0.125. The lowest BCUT2D eigenvalue weighted by Gasteiger charge is -1.89. The molecule has 0 aliphatic carbocycles. The normalized spacial score (nSPS) is 10.4. The quantitative estimate of drug-likeness (QED) is 0.718. The standard InChI is InChI=1S/C8H6N2O3S/c1-4-9-6(3-14-4)7-2-5(8(11)12)10-13-7/h2-3H,1H3,(H,11,12)/p-1. The Balaban J connectivity index is 2.38. The van der Waals surface area contributed by atoms with Crippen molar-refractivity contribution in [3.05, 3.63) is 22.1 Å². The van der Waals surface area contributed by atoms with Gasteiger partial charge in [0.15, 0.2) is 5.76 Å². The molecule has 0 aliphatic heterocycles. The summed E-state index contributed by atoms with van der Waals surface area (Å²) in [6.45, 7) is 1.85. The highest BCUT2D eigenvalue weighted by molar-refractivity contribution is 7.09. The maximum Gasteiger partial charge on any atom is 0.186 e. The molecule has 0 radical (unpaired) electrons. The number of carboxylic acids is 1. The third-order valence-electron chi connectivity index (χ3n) is 1.59. The molecule has 0 N–H and O–H groups in total. The van der Waals surface area contributed by atoms with Crippen molar-refractivity contribution in [2.24, 2.45) is 0 Å². The van der Waals surface area contributed by atoms with Gasteiger partial charge in [0.25, 0.3) is 0 Å². The molecule has 0 saturated carbocycles. The van der Waals surface area contributed by atoms with Crippen molar-refractivity contribution < 1.29 is 14.4 Å². The van der Waals surface area contributed by atoms with Crippen LogP contribution in [0.25, 0.3) is 11.5 Å². The van der Waals surface area contributed by atoms with Crippen LogP contribution >= 0.6 is 11.3 Å². The van der Waals surface area contributed by atoms with Crippen LogP contribution in [0.4, 0.5) is 0 Å². The molecule has 2 heterocycles. The van der Waals surface area contributed by atoms with Gasteiger partial charge in [-0.05, 0) is 6.92 Å². The molecule has 2 rings (SSSR count). The van der Waals surface area contributed by atoms with Crippen molar-refractivity contribution in [1.82, 2.24) is 10.1 Å². The van der Waals surface area contributed by atoms with Gasteiger partial charge in [0.2, 0.25) is 0 Å². The van der Waals surface area contributed by atoms with E-state index in [-0.39, 0.29) is 5.69 Å². The molecule has 0 aromatic carbocycles. The largest absolute Gasteiger partial charge is 0.543 e. The number of aromatic carboxylic acids is 1. The van der Waals surface area contributed by atoms with Crippen molar-refractivity contribution in [2.75, 3.05) is 0 Å². The van der Waals surface area contributed by atoms with Crippen molar-refractivity contribution in [3.63, 3.8) is 0 Å². The molecule has 0 fully saturated rings. The molecule has 5 nitrogen and oxygen atoms in total. The third kappa shape index (κ3) is 1.51. The molecule has 6 heteroatoms. The second-order valence-electron chi connectivity index (χ2n) is 2.62.